The number of rotatable bonds is 43. The monoisotopic (exact) mass is 830 g/mol. The number of carbonyl (C=O) groups excluding carboxylic acids is 3. The zero-order chi connectivity index (χ0) is 43.5. The van der Waals surface area contributed by atoms with Gasteiger partial charge in [-0.1, -0.05) is 184 Å². The molecule has 342 valence electrons. The van der Waals surface area contributed by atoms with Crippen LogP contribution >= 0.6 is 0 Å². The Morgan fingerprint density at radius 3 is 1.41 bits per heavy atom. The number of quaternary nitrogens is 1. The lowest BCUT2D eigenvalue weighted by atomic mass is 10.0. The first-order valence-electron chi connectivity index (χ1n) is 24.2. The Morgan fingerprint density at radius 1 is 0.525 bits per heavy atom. The van der Waals surface area contributed by atoms with E-state index in [1.165, 1.54) is 103 Å². The van der Waals surface area contributed by atoms with Gasteiger partial charge in [-0.2, -0.15) is 0 Å². The average molecular weight is 830 g/mol. The molecule has 0 N–H and O–H groups in total. The standard InChI is InChI=1S/C51H91NO7/c1-6-8-10-12-14-16-18-20-22-23-24-25-26-27-28-30-32-34-36-38-40-42-50(54)59-47(45-57-44-43-48(51(55)56)52(3,4)5)46-58-49(53)41-39-37-35-33-31-29-21-19-17-15-13-11-9-7-2/h8,10,14,16,20,22,24-25,47-48H,6-7,9,11-13,15,17-19,21,23,26-46H2,1-5H3/b10-8-,16-14-,22-20-,25-24-. The van der Waals surface area contributed by atoms with Crippen LogP contribution in [-0.2, 0) is 28.6 Å². The van der Waals surface area contributed by atoms with E-state index in [-0.39, 0.29) is 42.7 Å². The Labute approximate surface area is 363 Å². The highest BCUT2D eigenvalue weighted by atomic mass is 16.6. The molecule has 8 heteroatoms. The number of carboxylic acids is 1. The third-order valence-electron chi connectivity index (χ3n) is 10.7. The van der Waals surface area contributed by atoms with Gasteiger partial charge in [0.15, 0.2) is 6.10 Å². The Kier molecular flexibility index (Phi) is 40.1. The fourth-order valence-corrected chi connectivity index (χ4v) is 7.00. The number of unbranched alkanes of at least 4 members (excludes halogenated alkanes) is 21. The third-order valence-corrected chi connectivity index (χ3v) is 10.7. The molecule has 0 aliphatic heterocycles. The topological polar surface area (TPSA) is 102 Å². The van der Waals surface area contributed by atoms with Crippen molar-refractivity contribution in [2.75, 3.05) is 41.0 Å². The van der Waals surface area contributed by atoms with Crippen molar-refractivity contribution in [3.05, 3.63) is 48.6 Å². The van der Waals surface area contributed by atoms with E-state index in [0.29, 0.717) is 12.8 Å². The molecule has 0 spiro atoms. The van der Waals surface area contributed by atoms with Crippen molar-refractivity contribution >= 4 is 17.9 Å². The number of hydrogen-bond donors (Lipinski definition) is 0. The molecule has 0 aromatic heterocycles. The molecule has 0 fully saturated rings. The number of nitrogens with zero attached hydrogens (tertiary/aromatic N) is 1. The summed E-state index contributed by atoms with van der Waals surface area (Å²) in [7, 11) is 5.41. The predicted molar refractivity (Wildman–Crippen MR) is 245 cm³/mol. The van der Waals surface area contributed by atoms with Gasteiger partial charge >= 0.3 is 11.9 Å². The van der Waals surface area contributed by atoms with Crippen molar-refractivity contribution < 1.29 is 38.2 Å². The lowest BCUT2D eigenvalue weighted by Gasteiger charge is -2.34. The molecule has 0 amide bonds. The van der Waals surface area contributed by atoms with Crippen LogP contribution in [-0.4, -0.2) is 75.5 Å². The second kappa shape index (κ2) is 42.0. The van der Waals surface area contributed by atoms with E-state index in [1.807, 2.05) is 0 Å². The molecule has 0 saturated heterocycles. The van der Waals surface area contributed by atoms with E-state index < -0.39 is 18.1 Å². The second-order valence-electron chi connectivity index (χ2n) is 17.3. The lowest BCUT2D eigenvalue weighted by Crippen LogP contribution is -2.55. The molecule has 0 bridgehead atoms. The van der Waals surface area contributed by atoms with Gasteiger partial charge in [-0.05, 0) is 51.4 Å². The number of ether oxygens (including phenoxy) is 3. The van der Waals surface area contributed by atoms with Crippen molar-refractivity contribution in [1.29, 1.82) is 0 Å². The van der Waals surface area contributed by atoms with Gasteiger partial charge in [0.2, 0.25) is 0 Å². The van der Waals surface area contributed by atoms with Crippen molar-refractivity contribution in [3.8, 4) is 0 Å². The average Bonchev–Trinajstić information content (AvgIpc) is 3.19. The highest BCUT2D eigenvalue weighted by Gasteiger charge is 2.25. The molecule has 0 radical (unpaired) electrons. The maximum absolute atomic E-state index is 12.8. The van der Waals surface area contributed by atoms with Gasteiger partial charge in [-0.25, -0.2) is 0 Å². The second-order valence-corrected chi connectivity index (χ2v) is 17.3. The Hall–Kier alpha value is -2.71. The molecule has 8 nitrogen and oxygen atoms in total. The molecule has 0 heterocycles. The number of carbonyl (C=O) groups is 3. The quantitative estimate of drug-likeness (QED) is 0.0261. The zero-order valence-electron chi connectivity index (χ0n) is 38.9. The van der Waals surface area contributed by atoms with Gasteiger partial charge in [0.25, 0.3) is 0 Å². The molecule has 0 aliphatic rings. The van der Waals surface area contributed by atoms with Gasteiger partial charge in [-0.3, -0.25) is 9.59 Å². The molecule has 2 atom stereocenters. The van der Waals surface area contributed by atoms with Gasteiger partial charge in [0, 0.05) is 19.3 Å². The number of carboxylic acid groups (broad SMARTS) is 1. The molecular formula is C51H91NO7. The van der Waals surface area contributed by atoms with Crippen molar-refractivity contribution in [3.63, 3.8) is 0 Å². The Morgan fingerprint density at radius 2 is 0.949 bits per heavy atom. The fraction of sp³-hybridized carbons (Fsp3) is 0.784. The number of aliphatic carboxylic acids is 1. The maximum atomic E-state index is 12.8. The van der Waals surface area contributed by atoms with E-state index in [9.17, 15) is 19.5 Å². The summed E-state index contributed by atoms with van der Waals surface area (Å²) in [5.74, 6) is -1.74. The van der Waals surface area contributed by atoms with E-state index in [4.69, 9.17) is 14.2 Å². The summed E-state index contributed by atoms with van der Waals surface area (Å²) in [5, 5.41) is 11.6. The summed E-state index contributed by atoms with van der Waals surface area (Å²) in [6.45, 7) is 4.56. The highest BCUT2D eigenvalue weighted by molar-refractivity contribution is 5.70. The summed E-state index contributed by atoms with van der Waals surface area (Å²) in [6.07, 6.45) is 49.9. The Bertz CT molecular complexity index is 1110. The fourth-order valence-electron chi connectivity index (χ4n) is 7.00. The molecule has 0 aliphatic carbocycles. The largest absolute Gasteiger partial charge is 0.544 e. The van der Waals surface area contributed by atoms with Crippen LogP contribution in [0.15, 0.2) is 48.6 Å². The van der Waals surface area contributed by atoms with Gasteiger partial charge in [0.05, 0.1) is 40.3 Å². The van der Waals surface area contributed by atoms with Gasteiger partial charge in [-0.15, -0.1) is 0 Å². The zero-order valence-corrected chi connectivity index (χ0v) is 38.9. The molecule has 59 heavy (non-hydrogen) atoms. The van der Waals surface area contributed by atoms with Crippen LogP contribution in [0, 0.1) is 0 Å². The van der Waals surface area contributed by atoms with E-state index in [1.54, 1.807) is 21.1 Å². The van der Waals surface area contributed by atoms with Crippen molar-refractivity contribution in [2.45, 2.75) is 219 Å². The molecule has 0 aromatic carbocycles. The first-order valence-corrected chi connectivity index (χ1v) is 24.2. The van der Waals surface area contributed by atoms with E-state index in [2.05, 4.69) is 62.5 Å². The van der Waals surface area contributed by atoms with Crippen LogP contribution in [0.4, 0.5) is 0 Å². The SMILES string of the molecule is CC/C=C\C/C=C\C/C=C\C/C=C\CCCCCCCCCCC(=O)OC(COCCC(C(=O)[O-])[N+](C)(C)C)COC(=O)CCCCCCCCCCCCCCCC. The summed E-state index contributed by atoms with van der Waals surface area (Å²) in [5.41, 5.74) is 0. The number of esters is 2. The van der Waals surface area contributed by atoms with Crippen molar-refractivity contribution in [1.82, 2.24) is 0 Å². The van der Waals surface area contributed by atoms with E-state index >= 15 is 0 Å². The molecule has 0 rings (SSSR count). The van der Waals surface area contributed by atoms with Crippen LogP contribution in [0.1, 0.15) is 206 Å². The molecule has 2 unspecified atom stereocenters. The maximum Gasteiger partial charge on any atom is 0.306 e. The minimum Gasteiger partial charge on any atom is -0.544 e. The van der Waals surface area contributed by atoms with Crippen LogP contribution in [0.3, 0.4) is 0 Å². The normalized spacial score (nSPS) is 13.3. The predicted octanol–water partition coefficient (Wildman–Crippen LogP) is 12.3. The molecular weight excluding hydrogens is 739 g/mol. The molecule has 0 aromatic rings. The van der Waals surface area contributed by atoms with Crippen LogP contribution in [0.2, 0.25) is 0 Å². The smallest absolute Gasteiger partial charge is 0.306 e. The number of hydrogen-bond acceptors (Lipinski definition) is 7. The minimum atomic E-state index is -1.13. The highest BCUT2D eigenvalue weighted by Crippen LogP contribution is 2.15. The summed E-state index contributed by atoms with van der Waals surface area (Å²) < 4.78 is 17.2. The van der Waals surface area contributed by atoms with Crippen LogP contribution in [0.25, 0.3) is 0 Å². The van der Waals surface area contributed by atoms with Crippen LogP contribution < -0.4 is 5.11 Å². The third kappa shape index (κ3) is 40.5. The number of allylic oxidation sites excluding steroid dienone is 8. The van der Waals surface area contributed by atoms with Crippen LogP contribution in [0.5, 0.6) is 0 Å². The lowest BCUT2D eigenvalue weighted by molar-refractivity contribution is -0.889. The summed E-state index contributed by atoms with van der Waals surface area (Å²) in [4.78, 5) is 36.9. The first-order chi connectivity index (χ1) is 28.6. The minimum absolute atomic E-state index is 0.0388. The summed E-state index contributed by atoms with van der Waals surface area (Å²) in [6, 6.07) is -0.727. The first kappa shape index (κ1) is 56.3. The Balaban J connectivity index is 4.28. The van der Waals surface area contributed by atoms with Gasteiger partial charge < -0.3 is 28.6 Å². The van der Waals surface area contributed by atoms with Gasteiger partial charge in [0.1, 0.15) is 12.6 Å². The number of likely N-dealkylation sites (N-methyl/N-ethyl adjacent to an activating group) is 1. The molecule has 0 saturated carbocycles. The summed E-state index contributed by atoms with van der Waals surface area (Å²) >= 11 is 0. The van der Waals surface area contributed by atoms with Crippen molar-refractivity contribution in [2.24, 2.45) is 0 Å². The van der Waals surface area contributed by atoms with E-state index in [0.717, 1.165) is 70.6 Å².